The summed E-state index contributed by atoms with van der Waals surface area (Å²) in [6.45, 7) is 6.51. The van der Waals surface area contributed by atoms with Gasteiger partial charge in [-0.15, -0.1) is 0 Å². The number of likely N-dealkylation sites (N-methyl/N-ethyl adjacent to an activating group) is 1. The van der Waals surface area contributed by atoms with E-state index < -0.39 is 28.2 Å². The molecular formula is C15H21N3O6. The number of hydrogen-bond donors (Lipinski definition) is 2. The molecule has 24 heavy (non-hydrogen) atoms. The van der Waals surface area contributed by atoms with Crippen LogP contribution in [0.5, 0.6) is 5.75 Å². The van der Waals surface area contributed by atoms with Crippen LogP contribution in [-0.4, -0.2) is 60.1 Å². The molecule has 132 valence electrons. The van der Waals surface area contributed by atoms with Gasteiger partial charge in [-0.05, 0) is 19.2 Å². The molecule has 0 aliphatic carbocycles. The van der Waals surface area contributed by atoms with Crippen molar-refractivity contribution in [3.63, 3.8) is 0 Å². The van der Waals surface area contributed by atoms with Gasteiger partial charge < -0.3 is 20.1 Å². The minimum Gasteiger partial charge on any atom is -0.502 e. The molecule has 9 nitrogen and oxygen atoms in total. The minimum atomic E-state index is -0.867. The maximum atomic E-state index is 12.2. The van der Waals surface area contributed by atoms with Crippen molar-refractivity contribution in [2.24, 2.45) is 0 Å². The Hall–Kier alpha value is -2.68. The number of nitro benzene ring substituents is 1. The first kappa shape index (κ1) is 19.4. The van der Waals surface area contributed by atoms with Crippen LogP contribution in [-0.2, 0) is 4.74 Å². The van der Waals surface area contributed by atoms with E-state index in [1.165, 1.54) is 0 Å². The third-order valence-corrected chi connectivity index (χ3v) is 3.56. The molecule has 0 radical (unpaired) electrons. The van der Waals surface area contributed by atoms with Crippen LogP contribution < -0.4 is 5.32 Å². The lowest BCUT2D eigenvalue weighted by Gasteiger charge is -2.18. The van der Waals surface area contributed by atoms with Gasteiger partial charge in [0.15, 0.2) is 0 Å². The van der Waals surface area contributed by atoms with Crippen LogP contribution in [0.2, 0.25) is 0 Å². The van der Waals surface area contributed by atoms with Gasteiger partial charge in [0, 0.05) is 19.2 Å². The number of nitrogens with one attached hydrogen (secondary N) is 1. The Kier molecular flexibility index (Phi) is 7.12. The first-order chi connectivity index (χ1) is 11.3. The number of carbonyl (C=O) groups is 2. The van der Waals surface area contributed by atoms with Gasteiger partial charge in [0.1, 0.15) is 0 Å². The third kappa shape index (κ3) is 4.66. The lowest BCUT2D eigenvalue weighted by atomic mass is 10.1. The molecule has 9 heteroatoms. The van der Waals surface area contributed by atoms with Gasteiger partial charge in [0.25, 0.3) is 5.91 Å². The molecule has 1 amide bonds. The lowest BCUT2D eigenvalue weighted by Crippen LogP contribution is -2.34. The number of phenols is 1. The fraction of sp³-hybridized carbons (Fsp3) is 0.467. The first-order valence-electron chi connectivity index (χ1n) is 7.45. The van der Waals surface area contributed by atoms with Crippen molar-refractivity contribution in [2.75, 3.05) is 33.3 Å². The van der Waals surface area contributed by atoms with E-state index in [2.05, 4.69) is 15.0 Å². The van der Waals surface area contributed by atoms with Crippen molar-refractivity contribution in [1.82, 2.24) is 10.2 Å². The molecule has 2 N–H and O–H groups in total. The summed E-state index contributed by atoms with van der Waals surface area (Å²) in [5, 5.41) is 23.5. The number of phenolic OH excluding ortho intramolecular Hbond substituents is 1. The molecule has 1 rings (SSSR count). The summed E-state index contributed by atoms with van der Waals surface area (Å²) in [5.41, 5.74) is -1.26. The van der Waals surface area contributed by atoms with Crippen LogP contribution in [0.25, 0.3) is 0 Å². The molecule has 0 atom stereocenters. The van der Waals surface area contributed by atoms with Gasteiger partial charge in [-0.25, -0.2) is 4.79 Å². The molecule has 0 aliphatic rings. The van der Waals surface area contributed by atoms with E-state index in [-0.39, 0.29) is 11.1 Å². The molecule has 0 heterocycles. The number of ether oxygens (including phenoxy) is 1. The second-order valence-electron chi connectivity index (χ2n) is 4.92. The number of hydrogen-bond acceptors (Lipinski definition) is 7. The van der Waals surface area contributed by atoms with E-state index >= 15 is 0 Å². The molecule has 1 aromatic rings. The number of esters is 1. The molecule has 0 fully saturated rings. The molecule has 0 aliphatic heterocycles. The van der Waals surface area contributed by atoms with Crippen LogP contribution in [0.1, 0.15) is 34.6 Å². The van der Waals surface area contributed by atoms with Crippen molar-refractivity contribution in [2.45, 2.75) is 13.8 Å². The molecule has 0 saturated carbocycles. The zero-order valence-corrected chi connectivity index (χ0v) is 13.9. The second kappa shape index (κ2) is 8.82. The Morgan fingerprint density at radius 2 is 1.96 bits per heavy atom. The maximum Gasteiger partial charge on any atom is 0.338 e. The van der Waals surface area contributed by atoms with E-state index in [4.69, 9.17) is 0 Å². The number of nitrogens with zero attached hydrogens (tertiary/aromatic N) is 2. The molecule has 0 spiro atoms. The van der Waals surface area contributed by atoms with E-state index in [1.807, 2.05) is 13.8 Å². The zero-order chi connectivity index (χ0) is 18.3. The molecule has 0 unspecified atom stereocenters. The molecule has 0 bridgehead atoms. The number of amides is 1. The molecule has 1 aromatic carbocycles. The van der Waals surface area contributed by atoms with Crippen molar-refractivity contribution < 1.29 is 24.4 Å². The minimum absolute atomic E-state index is 0.184. The summed E-state index contributed by atoms with van der Waals surface area (Å²) in [5.74, 6) is -2.32. The Morgan fingerprint density at radius 1 is 1.33 bits per heavy atom. The number of nitro groups is 1. The smallest absolute Gasteiger partial charge is 0.338 e. The predicted octanol–water partition coefficient (Wildman–Crippen LogP) is 1.16. The zero-order valence-electron chi connectivity index (χ0n) is 13.9. The summed E-state index contributed by atoms with van der Waals surface area (Å²) in [7, 11) is 1.12. The largest absolute Gasteiger partial charge is 0.502 e. The average Bonchev–Trinajstić information content (AvgIpc) is 2.57. The predicted molar refractivity (Wildman–Crippen MR) is 86.2 cm³/mol. The van der Waals surface area contributed by atoms with Crippen LogP contribution in [0.15, 0.2) is 12.1 Å². The highest BCUT2D eigenvalue weighted by Gasteiger charge is 2.25. The van der Waals surface area contributed by atoms with Gasteiger partial charge in [-0.3, -0.25) is 14.9 Å². The Bertz CT molecular complexity index is 628. The van der Waals surface area contributed by atoms with E-state index in [9.17, 15) is 24.8 Å². The number of methoxy groups -OCH3 is 1. The number of rotatable bonds is 8. The van der Waals surface area contributed by atoms with Gasteiger partial charge in [-0.1, -0.05) is 13.8 Å². The second-order valence-corrected chi connectivity index (χ2v) is 4.92. The van der Waals surface area contributed by atoms with Crippen LogP contribution in [0, 0.1) is 10.1 Å². The monoisotopic (exact) mass is 339 g/mol. The average molecular weight is 339 g/mol. The van der Waals surface area contributed by atoms with Crippen LogP contribution in [0.3, 0.4) is 0 Å². The number of benzene rings is 1. The lowest BCUT2D eigenvalue weighted by molar-refractivity contribution is -0.385. The topological polar surface area (TPSA) is 122 Å². The van der Waals surface area contributed by atoms with Crippen molar-refractivity contribution in [1.29, 1.82) is 0 Å². The van der Waals surface area contributed by atoms with E-state index in [0.717, 1.165) is 32.3 Å². The van der Waals surface area contributed by atoms with Crippen molar-refractivity contribution >= 4 is 17.6 Å². The molecular weight excluding hydrogens is 318 g/mol. The van der Waals surface area contributed by atoms with Gasteiger partial charge in [0.05, 0.1) is 23.2 Å². The Labute approximate surface area is 139 Å². The summed E-state index contributed by atoms with van der Waals surface area (Å²) in [6, 6.07) is 1.94. The summed E-state index contributed by atoms with van der Waals surface area (Å²) in [6.07, 6.45) is 0. The number of aromatic hydroxyl groups is 1. The Morgan fingerprint density at radius 3 is 2.46 bits per heavy atom. The van der Waals surface area contributed by atoms with Crippen LogP contribution >= 0.6 is 0 Å². The summed E-state index contributed by atoms with van der Waals surface area (Å²) in [4.78, 5) is 36.0. The standard InChI is InChI=1S/C15H21N3O6/c1-4-17(5-2)7-6-16-14(20)11-8-10(15(21)24-3)9-12(13(11)19)18(22)23/h8-9,19H,4-7H2,1-3H3,(H,16,20). The molecule has 0 aromatic heterocycles. The van der Waals surface area contributed by atoms with Crippen molar-refractivity contribution in [3.05, 3.63) is 33.4 Å². The van der Waals surface area contributed by atoms with Gasteiger partial charge in [0.2, 0.25) is 5.75 Å². The maximum absolute atomic E-state index is 12.2. The van der Waals surface area contributed by atoms with Crippen LogP contribution in [0.4, 0.5) is 5.69 Å². The highest BCUT2D eigenvalue weighted by molar-refractivity contribution is 6.01. The highest BCUT2D eigenvalue weighted by Crippen LogP contribution is 2.31. The molecule has 0 saturated heterocycles. The van der Waals surface area contributed by atoms with E-state index in [0.29, 0.717) is 13.1 Å². The third-order valence-electron chi connectivity index (χ3n) is 3.56. The summed E-state index contributed by atoms with van der Waals surface area (Å²) < 4.78 is 4.51. The Balaban J connectivity index is 3.04. The quantitative estimate of drug-likeness (QED) is 0.414. The SMILES string of the molecule is CCN(CC)CCNC(=O)c1cc(C(=O)OC)cc([N+](=O)[O-])c1O. The first-order valence-corrected chi connectivity index (χ1v) is 7.45. The fourth-order valence-corrected chi connectivity index (χ4v) is 2.13. The normalized spacial score (nSPS) is 10.5. The van der Waals surface area contributed by atoms with E-state index in [1.54, 1.807) is 0 Å². The highest BCUT2D eigenvalue weighted by atomic mass is 16.6. The summed E-state index contributed by atoms with van der Waals surface area (Å²) >= 11 is 0. The van der Waals surface area contributed by atoms with Gasteiger partial charge >= 0.3 is 11.7 Å². The van der Waals surface area contributed by atoms with Crippen molar-refractivity contribution in [3.8, 4) is 5.75 Å². The van der Waals surface area contributed by atoms with Gasteiger partial charge in [-0.2, -0.15) is 0 Å². The fourth-order valence-electron chi connectivity index (χ4n) is 2.13. The number of carbonyl (C=O) groups excluding carboxylic acids is 2.